The maximum Gasteiger partial charge on any atom is 0.314 e. The zero-order chi connectivity index (χ0) is 11.5. The van der Waals surface area contributed by atoms with Gasteiger partial charge in [0.25, 0.3) is 0 Å². The van der Waals surface area contributed by atoms with Gasteiger partial charge >= 0.3 is 5.69 Å². The van der Waals surface area contributed by atoms with E-state index in [2.05, 4.69) is 10.2 Å². The molecule has 16 heavy (non-hydrogen) atoms. The van der Waals surface area contributed by atoms with Crippen molar-refractivity contribution < 1.29 is 9.66 Å². The van der Waals surface area contributed by atoms with Crippen LogP contribution in [0.25, 0.3) is 11.3 Å². The third kappa shape index (κ3) is 1.72. The van der Waals surface area contributed by atoms with Crippen LogP contribution in [0.2, 0.25) is 0 Å². The molecular formula is C10H9N3O3. The van der Waals surface area contributed by atoms with Gasteiger partial charge in [-0.25, -0.2) is 0 Å². The summed E-state index contributed by atoms with van der Waals surface area (Å²) in [6, 6.07) is 6.99. The molecule has 0 bridgehead atoms. The van der Waals surface area contributed by atoms with Crippen molar-refractivity contribution in [2.45, 2.75) is 0 Å². The van der Waals surface area contributed by atoms with Crippen LogP contribution in [-0.2, 0) is 0 Å². The highest BCUT2D eigenvalue weighted by Gasteiger charge is 2.17. The number of rotatable bonds is 3. The summed E-state index contributed by atoms with van der Waals surface area (Å²) in [5.74, 6) is 0.640. The third-order valence-electron chi connectivity index (χ3n) is 2.17. The summed E-state index contributed by atoms with van der Waals surface area (Å²) in [5.41, 5.74) is 1.00. The van der Waals surface area contributed by atoms with Crippen molar-refractivity contribution >= 4 is 5.69 Å². The quantitative estimate of drug-likeness (QED) is 0.632. The molecule has 0 saturated heterocycles. The minimum atomic E-state index is -0.474. The Morgan fingerprint density at radius 3 is 3.00 bits per heavy atom. The molecule has 1 aromatic carbocycles. The number of aromatic nitrogens is 2. The second kappa shape index (κ2) is 4.01. The normalized spacial score (nSPS) is 10.1. The third-order valence-corrected chi connectivity index (χ3v) is 2.17. The minimum absolute atomic E-state index is 0.0479. The lowest BCUT2D eigenvalue weighted by Crippen LogP contribution is -1.90. The molecule has 0 saturated carbocycles. The Morgan fingerprint density at radius 1 is 1.50 bits per heavy atom. The highest BCUT2D eigenvalue weighted by Crippen LogP contribution is 2.29. The van der Waals surface area contributed by atoms with Crippen LogP contribution < -0.4 is 4.74 Å². The number of H-pyrrole nitrogens is 1. The van der Waals surface area contributed by atoms with Crippen LogP contribution in [0.4, 0.5) is 5.69 Å². The van der Waals surface area contributed by atoms with Crippen molar-refractivity contribution in [3.8, 4) is 17.0 Å². The molecule has 0 aliphatic heterocycles. The fraction of sp³-hybridized carbons (Fsp3) is 0.100. The summed E-state index contributed by atoms with van der Waals surface area (Å²) >= 11 is 0. The van der Waals surface area contributed by atoms with E-state index in [1.165, 1.54) is 6.20 Å². The van der Waals surface area contributed by atoms with Gasteiger partial charge in [-0.1, -0.05) is 12.1 Å². The van der Waals surface area contributed by atoms with E-state index in [0.29, 0.717) is 17.0 Å². The second-order valence-corrected chi connectivity index (χ2v) is 3.12. The van der Waals surface area contributed by atoms with Gasteiger partial charge in [-0.3, -0.25) is 15.2 Å². The largest absolute Gasteiger partial charge is 0.497 e. The molecule has 6 nitrogen and oxygen atoms in total. The first kappa shape index (κ1) is 10.2. The van der Waals surface area contributed by atoms with Crippen LogP contribution in [0.5, 0.6) is 5.75 Å². The first-order chi connectivity index (χ1) is 7.72. The first-order valence-electron chi connectivity index (χ1n) is 4.54. The number of nitro groups is 1. The summed E-state index contributed by atoms with van der Waals surface area (Å²) in [6.07, 6.45) is 1.19. The predicted molar refractivity (Wildman–Crippen MR) is 57.2 cm³/mol. The lowest BCUT2D eigenvalue weighted by Gasteiger charge is -2.01. The Morgan fingerprint density at radius 2 is 2.31 bits per heavy atom. The maximum atomic E-state index is 10.7. The Kier molecular flexibility index (Phi) is 2.55. The molecule has 1 heterocycles. The summed E-state index contributed by atoms with van der Waals surface area (Å²) in [5, 5.41) is 17.0. The standard InChI is InChI=1S/C10H9N3O3/c1-16-8-4-2-3-7(5-8)10-9(13(14)15)6-11-12-10/h2-6H,1H3,(H,11,12). The molecule has 1 aromatic heterocycles. The molecule has 0 atom stereocenters. The highest BCUT2D eigenvalue weighted by atomic mass is 16.6. The lowest BCUT2D eigenvalue weighted by molar-refractivity contribution is -0.384. The molecule has 0 amide bonds. The molecular weight excluding hydrogens is 210 g/mol. The number of methoxy groups -OCH3 is 1. The van der Waals surface area contributed by atoms with Crippen LogP contribution >= 0.6 is 0 Å². The van der Waals surface area contributed by atoms with Crippen LogP contribution in [0, 0.1) is 10.1 Å². The second-order valence-electron chi connectivity index (χ2n) is 3.12. The maximum absolute atomic E-state index is 10.7. The topological polar surface area (TPSA) is 81.0 Å². The van der Waals surface area contributed by atoms with Gasteiger partial charge in [0, 0.05) is 5.56 Å². The van der Waals surface area contributed by atoms with Gasteiger partial charge in [0.1, 0.15) is 17.6 Å². The van der Waals surface area contributed by atoms with E-state index >= 15 is 0 Å². The molecule has 0 radical (unpaired) electrons. The lowest BCUT2D eigenvalue weighted by atomic mass is 10.1. The Bertz CT molecular complexity index is 522. The highest BCUT2D eigenvalue weighted by molar-refractivity contribution is 5.69. The molecule has 2 aromatic rings. The smallest absolute Gasteiger partial charge is 0.314 e. The SMILES string of the molecule is COc1cccc(-c2[nH]ncc2[N+](=O)[O-])c1. The molecule has 82 valence electrons. The van der Waals surface area contributed by atoms with E-state index < -0.39 is 4.92 Å². The number of hydrogen-bond acceptors (Lipinski definition) is 4. The van der Waals surface area contributed by atoms with Gasteiger partial charge in [-0.05, 0) is 12.1 Å². The van der Waals surface area contributed by atoms with Crippen LogP contribution in [-0.4, -0.2) is 22.2 Å². The van der Waals surface area contributed by atoms with Crippen LogP contribution in [0.3, 0.4) is 0 Å². The van der Waals surface area contributed by atoms with E-state index in [4.69, 9.17) is 4.74 Å². The first-order valence-corrected chi connectivity index (χ1v) is 4.54. The molecule has 2 rings (SSSR count). The van der Waals surface area contributed by atoms with Crippen LogP contribution in [0.15, 0.2) is 30.5 Å². The number of nitrogens with zero attached hydrogens (tertiary/aromatic N) is 2. The Balaban J connectivity index is 2.50. The van der Waals surface area contributed by atoms with E-state index in [-0.39, 0.29) is 5.69 Å². The summed E-state index contributed by atoms with van der Waals surface area (Å²) in [4.78, 5) is 10.3. The number of aromatic amines is 1. The monoisotopic (exact) mass is 219 g/mol. The van der Waals surface area contributed by atoms with Crippen molar-refractivity contribution in [3.05, 3.63) is 40.6 Å². The van der Waals surface area contributed by atoms with Gasteiger partial charge in [-0.15, -0.1) is 0 Å². The fourth-order valence-electron chi connectivity index (χ4n) is 1.41. The summed E-state index contributed by atoms with van der Waals surface area (Å²) < 4.78 is 5.05. The van der Waals surface area contributed by atoms with E-state index in [1.54, 1.807) is 31.4 Å². The Hall–Kier alpha value is -2.37. The van der Waals surface area contributed by atoms with Crippen molar-refractivity contribution in [1.82, 2.24) is 10.2 Å². The Labute approximate surface area is 91.0 Å². The van der Waals surface area contributed by atoms with Gasteiger partial charge in [0.15, 0.2) is 0 Å². The van der Waals surface area contributed by atoms with Gasteiger partial charge in [0.2, 0.25) is 0 Å². The molecule has 0 fully saturated rings. The number of ether oxygens (including phenoxy) is 1. The van der Waals surface area contributed by atoms with E-state index in [1.807, 2.05) is 0 Å². The van der Waals surface area contributed by atoms with Crippen molar-refractivity contribution in [1.29, 1.82) is 0 Å². The predicted octanol–water partition coefficient (Wildman–Crippen LogP) is 1.99. The van der Waals surface area contributed by atoms with E-state index in [9.17, 15) is 10.1 Å². The van der Waals surface area contributed by atoms with Crippen LogP contribution in [0.1, 0.15) is 0 Å². The minimum Gasteiger partial charge on any atom is -0.497 e. The zero-order valence-electron chi connectivity index (χ0n) is 8.51. The van der Waals surface area contributed by atoms with Gasteiger partial charge in [-0.2, -0.15) is 5.10 Å². The average Bonchev–Trinajstić information content (AvgIpc) is 2.78. The number of hydrogen-bond donors (Lipinski definition) is 1. The molecule has 0 aliphatic carbocycles. The molecule has 1 N–H and O–H groups in total. The van der Waals surface area contributed by atoms with E-state index in [0.717, 1.165) is 0 Å². The zero-order valence-corrected chi connectivity index (χ0v) is 8.51. The summed E-state index contributed by atoms with van der Waals surface area (Å²) in [7, 11) is 1.54. The van der Waals surface area contributed by atoms with Crippen molar-refractivity contribution in [3.63, 3.8) is 0 Å². The van der Waals surface area contributed by atoms with Crippen molar-refractivity contribution in [2.24, 2.45) is 0 Å². The van der Waals surface area contributed by atoms with Gasteiger partial charge < -0.3 is 4.74 Å². The molecule has 0 aliphatic rings. The molecule has 0 unspecified atom stereocenters. The molecule has 6 heteroatoms. The van der Waals surface area contributed by atoms with Gasteiger partial charge in [0.05, 0.1) is 12.0 Å². The average molecular weight is 219 g/mol. The number of benzene rings is 1. The number of nitrogens with one attached hydrogen (secondary N) is 1. The van der Waals surface area contributed by atoms with Crippen molar-refractivity contribution in [2.75, 3.05) is 7.11 Å². The molecule has 0 spiro atoms. The summed E-state index contributed by atoms with van der Waals surface area (Å²) in [6.45, 7) is 0. The fourth-order valence-corrected chi connectivity index (χ4v) is 1.41.